The van der Waals surface area contributed by atoms with E-state index in [4.69, 9.17) is 4.74 Å². The maximum Gasteiger partial charge on any atom is 0.573 e. The van der Waals surface area contributed by atoms with Crippen molar-refractivity contribution in [2.75, 3.05) is 11.9 Å². The molecule has 1 atom stereocenters. The smallest absolute Gasteiger partial charge is 0.489 e. The van der Waals surface area contributed by atoms with E-state index in [1.165, 1.54) is 36.4 Å². The van der Waals surface area contributed by atoms with Crippen molar-refractivity contribution in [1.82, 2.24) is 0 Å². The van der Waals surface area contributed by atoms with Crippen molar-refractivity contribution in [2.24, 2.45) is 0 Å². The molecule has 224 valence electrons. The van der Waals surface area contributed by atoms with Gasteiger partial charge >= 0.3 is 24.6 Å². The van der Waals surface area contributed by atoms with E-state index in [1.54, 1.807) is 0 Å². The average molecular weight is 603 g/mol. The van der Waals surface area contributed by atoms with Gasteiger partial charge in [0.05, 0.1) is 0 Å². The van der Waals surface area contributed by atoms with Gasteiger partial charge in [0, 0.05) is 29.8 Å². The van der Waals surface area contributed by atoms with Gasteiger partial charge in [0.1, 0.15) is 18.1 Å². The summed E-state index contributed by atoms with van der Waals surface area (Å²) in [6, 6.07) is 11.8. The third-order valence-corrected chi connectivity index (χ3v) is 5.55. The normalized spacial score (nSPS) is 13.6. The zero-order valence-corrected chi connectivity index (χ0v) is 20.5. The van der Waals surface area contributed by atoms with E-state index < -0.39 is 55.0 Å². The van der Waals surface area contributed by atoms with Crippen LogP contribution in [0.3, 0.4) is 0 Å². The van der Waals surface area contributed by atoms with Crippen molar-refractivity contribution in [2.45, 2.75) is 43.8 Å². The highest BCUT2D eigenvalue weighted by Gasteiger charge is 2.58. The van der Waals surface area contributed by atoms with Gasteiger partial charge in [-0.15, -0.1) is 13.2 Å². The van der Waals surface area contributed by atoms with E-state index in [1.807, 2.05) is 0 Å². The van der Waals surface area contributed by atoms with Crippen molar-refractivity contribution in [3.8, 4) is 11.5 Å². The summed E-state index contributed by atoms with van der Waals surface area (Å²) in [5, 5.41) is 11.7. The van der Waals surface area contributed by atoms with E-state index in [-0.39, 0.29) is 34.7 Å². The Morgan fingerprint density at radius 3 is 2.02 bits per heavy atom. The Morgan fingerprint density at radius 2 is 1.39 bits per heavy atom. The SMILES string of the molecule is O[C@H](CNc1cccc(OCc2cccc(OC(F)(F)F)c2)c1Cc1cccc(C(F)(F)C(F)(F)F)c1)C(F)(F)F. The van der Waals surface area contributed by atoms with Crippen molar-refractivity contribution >= 4 is 5.69 Å². The minimum absolute atomic E-state index is 0.0112. The molecule has 0 radical (unpaired) electrons. The summed E-state index contributed by atoms with van der Waals surface area (Å²) in [4.78, 5) is 0. The summed E-state index contributed by atoms with van der Waals surface area (Å²) < 4.78 is 152. The summed E-state index contributed by atoms with van der Waals surface area (Å²) in [6.07, 6.45) is -19.1. The first-order valence-electron chi connectivity index (χ1n) is 11.5. The molecule has 0 saturated heterocycles. The molecule has 0 heterocycles. The molecule has 3 aromatic rings. The first-order valence-corrected chi connectivity index (χ1v) is 11.5. The summed E-state index contributed by atoms with van der Waals surface area (Å²) in [6.45, 7) is -1.42. The van der Waals surface area contributed by atoms with Crippen LogP contribution in [-0.4, -0.2) is 36.5 Å². The number of nitrogens with one attached hydrogen (secondary N) is 1. The highest BCUT2D eigenvalue weighted by atomic mass is 19.4. The van der Waals surface area contributed by atoms with Crippen LogP contribution in [0, 0.1) is 0 Å². The Morgan fingerprint density at radius 1 is 0.756 bits per heavy atom. The number of benzene rings is 3. The molecule has 15 heteroatoms. The van der Waals surface area contributed by atoms with Crippen molar-refractivity contribution < 1.29 is 62.9 Å². The zero-order valence-electron chi connectivity index (χ0n) is 20.5. The van der Waals surface area contributed by atoms with Crippen LogP contribution in [0.1, 0.15) is 22.3 Å². The molecule has 0 aliphatic heterocycles. The molecule has 0 aliphatic rings. The number of anilines is 1. The Balaban J connectivity index is 1.94. The molecule has 0 amide bonds. The lowest BCUT2D eigenvalue weighted by molar-refractivity contribution is -0.289. The van der Waals surface area contributed by atoms with Crippen molar-refractivity contribution in [3.63, 3.8) is 0 Å². The van der Waals surface area contributed by atoms with Gasteiger partial charge in [0.15, 0.2) is 6.10 Å². The quantitative estimate of drug-likeness (QED) is 0.233. The van der Waals surface area contributed by atoms with Crippen LogP contribution >= 0.6 is 0 Å². The van der Waals surface area contributed by atoms with Crippen LogP contribution in [0.2, 0.25) is 0 Å². The fourth-order valence-corrected chi connectivity index (χ4v) is 3.61. The van der Waals surface area contributed by atoms with Gasteiger partial charge in [0.25, 0.3) is 0 Å². The third-order valence-electron chi connectivity index (χ3n) is 5.55. The number of aliphatic hydroxyl groups is 1. The molecular weight excluding hydrogens is 583 g/mol. The lowest BCUT2D eigenvalue weighted by Crippen LogP contribution is -2.35. The molecule has 3 aromatic carbocycles. The molecule has 0 saturated carbocycles. The summed E-state index contributed by atoms with van der Waals surface area (Å²) in [5.74, 6) is -5.83. The maximum absolute atomic E-state index is 13.9. The second kappa shape index (κ2) is 12.0. The van der Waals surface area contributed by atoms with E-state index in [2.05, 4.69) is 10.1 Å². The Hall–Kier alpha value is -3.75. The molecule has 0 unspecified atom stereocenters. The molecule has 41 heavy (non-hydrogen) atoms. The van der Waals surface area contributed by atoms with Crippen molar-refractivity contribution in [1.29, 1.82) is 0 Å². The van der Waals surface area contributed by atoms with Gasteiger partial charge in [-0.2, -0.15) is 35.1 Å². The third kappa shape index (κ3) is 8.62. The molecular formula is C26H20F11NO3. The number of ether oxygens (including phenoxy) is 2. The minimum Gasteiger partial charge on any atom is -0.489 e. The number of aliphatic hydroxyl groups excluding tert-OH is 1. The number of hydrogen-bond donors (Lipinski definition) is 2. The van der Waals surface area contributed by atoms with Gasteiger partial charge in [-0.05, 0) is 41.5 Å². The van der Waals surface area contributed by atoms with E-state index in [0.29, 0.717) is 12.1 Å². The van der Waals surface area contributed by atoms with E-state index >= 15 is 0 Å². The predicted octanol–water partition coefficient (Wildman–Crippen LogP) is 7.74. The van der Waals surface area contributed by atoms with Crippen LogP contribution in [-0.2, 0) is 19.0 Å². The monoisotopic (exact) mass is 603 g/mol. The minimum atomic E-state index is -5.89. The molecule has 3 rings (SSSR count). The molecule has 0 aromatic heterocycles. The van der Waals surface area contributed by atoms with E-state index in [0.717, 1.165) is 18.2 Å². The molecule has 0 spiro atoms. The first kappa shape index (κ1) is 31.8. The van der Waals surface area contributed by atoms with Crippen LogP contribution in [0.4, 0.5) is 54.0 Å². The highest BCUT2D eigenvalue weighted by Crippen LogP contribution is 2.44. The summed E-state index contributed by atoms with van der Waals surface area (Å²) in [7, 11) is 0. The Kier molecular flexibility index (Phi) is 9.30. The van der Waals surface area contributed by atoms with E-state index in [9.17, 15) is 53.4 Å². The standard InChI is InChI=1S/C26H20F11NO3/c27-23(28,25(32,33)34)17-6-1-4-15(10-17)12-19-20(38-13-22(39)24(29,30)31)8-3-9-21(19)40-14-16-5-2-7-18(11-16)41-26(35,36)37/h1-11,22,38-39H,12-14H2/t22-/m1/s1. The number of alkyl halides is 11. The number of hydrogen-bond acceptors (Lipinski definition) is 4. The largest absolute Gasteiger partial charge is 0.573 e. The zero-order chi connectivity index (χ0) is 30.6. The lowest BCUT2D eigenvalue weighted by Gasteiger charge is -2.22. The molecule has 0 fully saturated rings. The van der Waals surface area contributed by atoms with Crippen LogP contribution in [0.15, 0.2) is 66.7 Å². The number of halogens is 11. The van der Waals surface area contributed by atoms with Gasteiger partial charge in [0.2, 0.25) is 0 Å². The van der Waals surface area contributed by atoms with Gasteiger partial charge in [-0.25, -0.2) is 0 Å². The Bertz CT molecular complexity index is 1320. The molecule has 4 nitrogen and oxygen atoms in total. The molecule has 0 bridgehead atoms. The molecule has 0 aliphatic carbocycles. The molecule has 2 N–H and O–H groups in total. The second-order valence-corrected chi connectivity index (χ2v) is 8.65. The van der Waals surface area contributed by atoms with Gasteiger partial charge in [-0.3, -0.25) is 0 Å². The van der Waals surface area contributed by atoms with Gasteiger partial charge < -0.3 is 19.9 Å². The fraction of sp³-hybridized carbons (Fsp3) is 0.308. The topological polar surface area (TPSA) is 50.7 Å². The summed E-state index contributed by atoms with van der Waals surface area (Å²) in [5.41, 5.74) is -1.35. The highest BCUT2D eigenvalue weighted by molar-refractivity contribution is 5.59. The average Bonchev–Trinajstić information content (AvgIpc) is 2.85. The Labute approximate surface area is 225 Å². The first-order chi connectivity index (χ1) is 18.9. The van der Waals surface area contributed by atoms with Crippen LogP contribution < -0.4 is 14.8 Å². The predicted molar refractivity (Wildman–Crippen MR) is 124 cm³/mol. The number of rotatable bonds is 10. The van der Waals surface area contributed by atoms with Crippen LogP contribution in [0.25, 0.3) is 0 Å². The van der Waals surface area contributed by atoms with Crippen molar-refractivity contribution in [3.05, 3.63) is 89.0 Å². The maximum atomic E-state index is 13.9. The van der Waals surface area contributed by atoms with Gasteiger partial charge in [-0.1, -0.05) is 36.4 Å². The lowest BCUT2D eigenvalue weighted by atomic mass is 9.98. The van der Waals surface area contributed by atoms with Crippen LogP contribution in [0.5, 0.6) is 11.5 Å². The second-order valence-electron chi connectivity index (χ2n) is 8.65. The summed E-state index contributed by atoms with van der Waals surface area (Å²) >= 11 is 0. The fourth-order valence-electron chi connectivity index (χ4n) is 3.61.